The Balaban J connectivity index is 1.41. The maximum absolute atomic E-state index is 13.0. The van der Waals surface area contributed by atoms with Gasteiger partial charge in [-0.25, -0.2) is 4.98 Å². The maximum Gasteiger partial charge on any atom is 0.416 e. The minimum atomic E-state index is -4.63. The summed E-state index contributed by atoms with van der Waals surface area (Å²) in [6.07, 6.45) is -4.63. The van der Waals surface area contributed by atoms with E-state index >= 15 is 0 Å². The summed E-state index contributed by atoms with van der Waals surface area (Å²) in [6, 6.07) is 10.4. The van der Waals surface area contributed by atoms with Crippen LogP contribution < -0.4 is 9.64 Å². The van der Waals surface area contributed by atoms with Crippen molar-refractivity contribution >= 4 is 22.7 Å². The van der Waals surface area contributed by atoms with Gasteiger partial charge in [-0.1, -0.05) is 12.1 Å². The summed E-state index contributed by atoms with van der Waals surface area (Å²) in [4.78, 5) is 19.3. The second-order valence-corrected chi connectivity index (χ2v) is 8.46. The molecule has 11 heteroatoms. The Kier molecular flexibility index (Phi) is 6.52. The number of aromatic nitrogens is 1. The summed E-state index contributed by atoms with van der Waals surface area (Å²) < 4.78 is 44.1. The van der Waals surface area contributed by atoms with E-state index in [0.29, 0.717) is 38.8 Å². The topological polar surface area (TPSA) is 71.7 Å². The highest BCUT2D eigenvalue weighted by Crippen LogP contribution is 2.37. The van der Waals surface area contributed by atoms with Gasteiger partial charge in [-0.05, 0) is 24.3 Å². The minimum Gasteiger partial charge on any atom is -0.497 e. The summed E-state index contributed by atoms with van der Waals surface area (Å²) >= 11 is 1.55. The number of alkyl halides is 3. The van der Waals surface area contributed by atoms with Crippen LogP contribution in [0.4, 0.5) is 24.5 Å². The van der Waals surface area contributed by atoms with E-state index in [1.54, 1.807) is 23.3 Å². The molecule has 0 N–H and O–H groups in total. The van der Waals surface area contributed by atoms with Crippen LogP contribution >= 0.6 is 11.3 Å². The summed E-state index contributed by atoms with van der Waals surface area (Å²) in [5, 5.41) is 14.3. The molecule has 0 amide bonds. The number of ether oxygens (including phenoxy) is 1. The van der Waals surface area contributed by atoms with Crippen molar-refractivity contribution in [3.05, 3.63) is 69.2 Å². The van der Waals surface area contributed by atoms with Crippen LogP contribution in [-0.2, 0) is 12.7 Å². The Bertz CT molecular complexity index is 1140. The Hall–Kier alpha value is -3.18. The number of thiazole rings is 1. The molecular formula is C22H21F3N4O3S. The molecular weight excluding hydrogens is 457 g/mol. The summed E-state index contributed by atoms with van der Waals surface area (Å²) in [7, 11) is 1.62. The zero-order valence-corrected chi connectivity index (χ0v) is 18.5. The van der Waals surface area contributed by atoms with Gasteiger partial charge in [-0.3, -0.25) is 15.0 Å². The van der Waals surface area contributed by atoms with Crippen molar-refractivity contribution in [2.45, 2.75) is 12.7 Å². The lowest BCUT2D eigenvalue weighted by atomic mass is 10.1. The van der Waals surface area contributed by atoms with Gasteiger partial charge < -0.3 is 9.64 Å². The maximum atomic E-state index is 13.0. The third-order valence-corrected chi connectivity index (χ3v) is 6.41. The minimum absolute atomic E-state index is 0.210. The van der Waals surface area contributed by atoms with E-state index in [1.807, 2.05) is 29.6 Å². The fourth-order valence-electron chi connectivity index (χ4n) is 3.76. The largest absolute Gasteiger partial charge is 0.497 e. The van der Waals surface area contributed by atoms with Gasteiger partial charge in [0.05, 0.1) is 23.3 Å². The Labute approximate surface area is 192 Å². The number of benzene rings is 2. The lowest BCUT2D eigenvalue weighted by molar-refractivity contribution is -0.384. The van der Waals surface area contributed by atoms with Crippen LogP contribution in [0, 0.1) is 10.1 Å². The molecule has 1 saturated heterocycles. The molecule has 0 aliphatic carbocycles. The number of hydrogen-bond acceptors (Lipinski definition) is 7. The average Bonchev–Trinajstić information content (AvgIpc) is 3.27. The number of halogens is 3. The Morgan fingerprint density at radius 3 is 2.58 bits per heavy atom. The zero-order chi connectivity index (χ0) is 23.6. The van der Waals surface area contributed by atoms with Crippen molar-refractivity contribution in [1.29, 1.82) is 0 Å². The van der Waals surface area contributed by atoms with Gasteiger partial charge in [0.15, 0.2) is 0 Å². The number of piperazine rings is 1. The fraction of sp³-hybridized carbons (Fsp3) is 0.318. The van der Waals surface area contributed by atoms with Crippen molar-refractivity contribution in [2.24, 2.45) is 0 Å². The van der Waals surface area contributed by atoms with Crippen molar-refractivity contribution in [2.75, 3.05) is 38.2 Å². The standard InChI is InChI=1S/C22H21F3N4O3S/c1-32-18-4-2-3-15(11-18)21-26-17(14-33-21)13-27-7-9-28(10-8-27)19-6-5-16(22(23,24)25)12-20(19)29(30)31/h2-6,11-12,14H,7-10,13H2,1H3. The first kappa shape index (κ1) is 23.0. The molecule has 7 nitrogen and oxygen atoms in total. The first-order valence-electron chi connectivity index (χ1n) is 10.2. The van der Waals surface area contributed by atoms with E-state index in [9.17, 15) is 23.3 Å². The molecule has 1 aliphatic rings. The predicted octanol–water partition coefficient (Wildman–Crippen LogP) is 5.07. The van der Waals surface area contributed by atoms with Crippen LogP contribution in [0.1, 0.15) is 11.3 Å². The van der Waals surface area contributed by atoms with Crippen molar-refractivity contribution in [3.8, 4) is 16.3 Å². The van der Waals surface area contributed by atoms with Gasteiger partial charge in [-0.2, -0.15) is 13.2 Å². The lowest BCUT2D eigenvalue weighted by Gasteiger charge is -2.35. The van der Waals surface area contributed by atoms with Crippen LogP contribution in [-0.4, -0.2) is 48.1 Å². The monoisotopic (exact) mass is 478 g/mol. The van der Waals surface area contributed by atoms with Crippen LogP contribution in [0.15, 0.2) is 47.8 Å². The van der Waals surface area contributed by atoms with Crippen molar-refractivity contribution in [3.63, 3.8) is 0 Å². The molecule has 0 bridgehead atoms. The summed E-state index contributed by atoms with van der Waals surface area (Å²) in [5.74, 6) is 0.762. The number of rotatable bonds is 6. The molecule has 4 rings (SSSR count). The highest BCUT2D eigenvalue weighted by atomic mass is 32.1. The van der Waals surface area contributed by atoms with Crippen molar-refractivity contribution in [1.82, 2.24) is 9.88 Å². The second-order valence-electron chi connectivity index (χ2n) is 7.60. The van der Waals surface area contributed by atoms with Gasteiger partial charge in [-0.15, -0.1) is 11.3 Å². The molecule has 1 aromatic heterocycles. The first-order valence-corrected chi connectivity index (χ1v) is 11.0. The number of nitrogens with zero attached hydrogens (tertiary/aromatic N) is 4. The molecule has 3 aromatic rings. The van der Waals surface area contributed by atoms with Gasteiger partial charge in [0.2, 0.25) is 0 Å². The van der Waals surface area contributed by atoms with Gasteiger partial charge in [0.1, 0.15) is 16.4 Å². The number of nitro benzene ring substituents is 1. The van der Waals surface area contributed by atoms with Gasteiger partial charge >= 0.3 is 6.18 Å². The molecule has 174 valence electrons. The van der Waals surface area contributed by atoms with E-state index in [2.05, 4.69) is 4.90 Å². The van der Waals surface area contributed by atoms with Crippen LogP contribution in [0.25, 0.3) is 10.6 Å². The van der Waals surface area contributed by atoms with E-state index in [4.69, 9.17) is 9.72 Å². The molecule has 2 aromatic carbocycles. The number of nitro groups is 1. The van der Waals surface area contributed by atoms with E-state index in [1.165, 1.54) is 6.07 Å². The number of methoxy groups -OCH3 is 1. The molecule has 0 spiro atoms. The van der Waals surface area contributed by atoms with Crippen molar-refractivity contribution < 1.29 is 22.8 Å². The Morgan fingerprint density at radius 1 is 1.15 bits per heavy atom. The number of hydrogen-bond donors (Lipinski definition) is 0. The molecule has 33 heavy (non-hydrogen) atoms. The van der Waals surface area contributed by atoms with Crippen LogP contribution in [0.2, 0.25) is 0 Å². The highest BCUT2D eigenvalue weighted by Gasteiger charge is 2.34. The second kappa shape index (κ2) is 9.36. The summed E-state index contributed by atoms with van der Waals surface area (Å²) in [5.41, 5.74) is 0.561. The lowest BCUT2D eigenvalue weighted by Crippen LogP contribution is -2.46. The highest BCUT2D eigenvalue weighted by molar-refractivity contribution is 7.13. The molecule has 0 unspecified atom stereocenters. The molecule has 1 aliphatic heterocycles. The van der Waals surface area contributed by atoms with E-state index in [0.717, 1.165) is 28.1 Å². The molecule has 0 radical (unpaired) electrons. The molecule has 0 atom stereocenters. The van der Waals surface area contributed by atoms with Crippen LogP contribution in [0.3, 0.4) is 0 Å². The van der Waals surface area contributed by atoms with Gasteiger partial charge in [0.25, 0.3) is 5.69 Å². The third-order valence-electron chi connectivity index (χ3n) is 5.47. The van der Waals surface area contributed by atoms with Crippen LogP contribution in [0.5, 0.6) is 5.75 Å². The van der Waals surface area contributed by atoms with E-state index < -0.39 is 22.4 Å². The quantitative estimate of drug-likeness (QED) is 0.364. The van der Waals surface area contributed by atoms with Gasteiger partial charge in [0, 0.05) is 49.7 Å². The number of anilines is 1. The molecule has 2 heterocycles. The molecule has 0 saturated carbocycles. The third kappa shape index (κ3) is 5.25. The zero-order valence-electron chi connectivity index (χ0n) is 17.7. The van der Waals surface area contributed by atoms with E-state index in [-0.39, 0.29) is 5.69 Å². The fourth-order valence-corrected chi connectivity index (χ4v) is 4.57. The smallest absolute Gasteiger partial charge is 0.416 e. The Morgan fingerprint density at radius 2 is 1.91 bits per heavy atom. The average molecular weight is 478 g/mol. The first-order chi connectivity index (χ1) is 15.7. The predicted molar refractivity (Wildman–Crippen MR) is 120 cm³/mol. The normalized spacial score (nSPS) is 15.0. The molecule has 1 fully saturated rings. The SMILES string of the molecule is COc1cccc(-c2nc(CN3CCN(c4ccc(C(F)(F)F)cc4[N+](=O)[O-])CC3)cs2)c1. The summed E-state index contributed by atoms with van der Waals surface area (Å²) in [6.45, 7) is 2.80.